The number of Topliss-reactive ketones (excluding diaryl/α,β-unsaturated/α-hetero) is 1. The zero-order valence-electron chi connectivity index (χ0n) is 13.9. The van der Waals surface area contributed by atoms with Crippen LogP contribution in [0, 0.1) is 0 Å². The SMILES string of the molecule is CCc1ccc(C(=O)CCC(=O)N2CCSCC2CC(=O)O)cc1. The molecule has 0 saturated carbocycles. The summed E-state index contributed by atoms with van der Waals surface area (Å²) in [5.41, 5.74) is 1.79. The van der Waals surface area contributed by atoms with Gasteiger partial charge < -0.3 is 10.0 Å². The summed E-state index contributed by atoms with van der Waals surface area (Å²) < 4.78 is 0. The van der Waals surface area contributed by atoms with Crippen LogP contribution in [0.1, 0.15) is 42.1 Å². The molecule has 1 fully saturated rings. The van der Waals surface area contributed by atoms with Crippen LogP contribution in [0.4, 0.5) is 0 Å². The molecule has 6 heteroatoms. The van der Waals surface area contributed by atoms with Gasteiger partial charge in [-0.25, -0.2) is 0 Å². The van der Waals surface area contributed by atoms with Gasteiger partial charge in [-0.3, -0.25) is 14.4 Å². The van der Waals surface area contributed by atoms with E-state index >= 15 is 0 Å². The number of carbonyl (C=O) groups excluding carboxylic acids is 2. The molecular weight excluding hydrogens is 326 g/mol. The minimum absolute atomic E-state index is 0.0365. The predicted octanol–water partition coefficient (Wildman–Crippen LogP) is 2.63. The summed E-state index contributed by atoms with van der Waals surface area (Å²) in [7, 11) is 0. The molecule has 1 unspecified atom stereocenters. The van der Waals surface area contributed by atoms with Gasteiger partial charge in [0.15, 0.2) is 5.78 Å². The summed E-state index contributed by atoms with van der Waals surface area (Å²) in [6.07, 6.45) is 1.18. The van der Waals surface area contributed by atoms with Gasteiger partial charge in [0.25, 0.3) is 0 Å². The number of rotatable bonds is 7. The predicted molar refractivity (Wildman–Crippen MR) is 94.5 cm³/mol. The maximum Gasteiger partial charge on any atom is 0.305 e. The molecule has 24 heavy (non-hydrogen) atoms. The van der Waals surface area contributed by atoms with Crippen molar-refractivity contribution in [3.63, 3.8) is 0 Å². The van der Waals surface area contributed by atoms with Gasteiger partial charge in [0, 0.05) is 36.5 Å². The maximum absolute atomic E-state index is 12.4. The van der Waals surface area contributed by atoms with Crippen LogP contribution in [0.25, 0.3) is 0 Å². The Kier molecular flexibility index (Phi) is 6.85. The fraction of sp³-hybridized carbons (Fsp3) is 0.500. The van der Waals surface area contributed by atoms with E-state index in [0.717, 1.165) is 12.2 Å². The molecule has 0 bridgehead atoms. The van der Waals surface area contributed by atoms with Gasteiger partial charge in [0.2, 0.25) is 5.91 Å². The number of aliphatic carboxylic acids is 1. The number of carbonyl (C=O) groups is 3. The fourth-order valence-electron chi connectivity index (χ4n) is 2.79. The number of benzene rings is 1. The number of aryl methyl sites for hydroxylation is 1. The second-order valence-electron chi connectivity index (χ2n) is 5.89. The lowest BCUT2D eigenvalue weighted by molar-refractivity contribution is -0.140. The molecule has 0 aliphatic carbocycles. The van der Waals surface area contributed by atoms with Crippen LogP contribution in [-0.2, 0) is 16.0 Å². The first-order chi connectivity index (χ1) is 11.5. The van der Waals surface area contributed by atoms with Crippen molar-refractivity contribution in [2.45, 2.75) is 38.6 Å². The second-order valence-corrected chi connectivity index (χ2v) is 7.04. The first-order valence-electron chi connectivity index (χ1n) is 8.22. The van der Waals surface area contributed by atoms with E-state index in [1.54, 1.807) is 28.8 Å². The van der Waals surface area contributed by atoms with Gasteiger partial charge in [-0.05, 0) is 12.0 Å². The molecule has 1 amide bonds. The van der Waals surface area contributed by atoms with Crippen molar-refractivity contribution in [2.24, 2.45) is 0 Å². The number of ketones is 1. The van der Waals surface area contributed by atoms with E-state index in [9.17, 15) is 14.4 Å². The van der Waals surface area contributed by atoms with E-state index < -0.39 is 5.97 Å². The van der Waals surface area contributed by atoms with Gasteiger partial charge in [0.1, 0.15) is 0 Å². The standard InChI is InChI=1S/C18H23NO4S/c1-2-13-3-5-14(6-4-13)16(20)7-8-17(21)19-9-10-24-12-15(19)11-18(22)23/h3-6,15H,2,7-12H2,1H3,(H,22,23). The number of carboxylic acid groups (broad SMARTS) is 1. The summed E-state index contributed by atoms with van der Waals surface area (Å²) in [6, 6.07) is 7.19. The summed E-state index contributed by atoms with van der Waals surface area (Å²) in [5, 5.41) is 8.97. The molecule has 1 heterocycles. The zero-order chi connectivity index (χ0) is 17.5. The van der Waals surface area contributed by atoms with Crippen LogP contribution in [0.2, 0.25) is 0 Å². The third kappa shape index (κ3) is 5.09. The number of thioether (sulfide) groups is 1. The molecule has 1 saturated heterocycles. The number of hydrogen-bond donors (Lipinski definition) is 1. The van der Waals surface area contributed by atoms with E-state index in [1.807, 2.05) is 12.1 Å². The monoisotopic (exact) mass is 349 g/mol. The Morgan fingerprint density at radius 2 is 1.92 bits per heavy atom. The molecule has 2 rings (SSSR count). The number of hydrogen-bond acceptors (Lipinski definition) is 4. The van der Waals surface area contributed by atoms with Crippen LogP contribution >= 0.6 is 11.8 Å². The molecular formula is C18H23NO4S. The summed E-state index contributed by atoms with van der Waals surface area (Å²) in [6.45, 7) is 2.61. The Hall–Kier alpha value is -1.82. The topological polar surface area (TPSA) is 74.7 Å². The van der Waals surface area contributed by atoms with E-state index in [0.29, 0.717) is 17.9 Å². The van der Waals surface area contributed by atoms with Gasteiger partial charge in [-0.15, -0.1) is 0 Å². The van der Waals surface area contributed by atoms with Crippen molar-refractivity contribution in [2.75, 3.05) is 18.1 Å². The second kappa shape index (κ2) is 8.87. The highest BCUT2D eigenvalue weighted by molar-refractivity contribution is 7.99. The van der Waals surface area contributed by atoms with Crippen molar-refractivity contribution >= 4 is 29.4 Å². The smallest absolute Gasteiger partial charge is 0.305 e. The van der Waals surface area contributed by atoms with E-state index in [2.05, 4.69) is 6.92 Å². The Labute approximate surface area is 146 Å². The molecule has 0 spiro atoms. The largest absolute Gasteiger partial charge is 0.481 e. The lowest BCUT2D eigenvalue weighted by atomic mass is 10.0. The molecule has 130 valence electrons. The summed E-state index contributed by atoms with van der Waals surface area (Å²) in [5.74, 6) is 0.387. The number of amides is 1. The van der Waals surface area contributed by atoms with Crippen molar-refractivity contribution < 1.29 is 19.5 Å². The van der Waals surface area contributed by atoms with Crippen LogP contribution in [-0.4, -0.2) is 51.8 Å². The third-order valence-corrected chi connectivity index (χ3v) is 5.30. The molecule has 1 aromatic carbocycles. The fourth-order valence-corrected chi connectivity index (χ4v) is 3.85. The first kappa shape index (κ1) is 18.5. The lowest BCUT2D eigenvalue weighted by Crippen LogP contribution is -2.47. The van der Waals surface area contributed by atoms with E-state index in [-0.39, 0.29) is 37.0 Å². The molecule has 0 aromatic heterocycles. The van der Waals surface area contributed by atoms with Gasteiger partial charge in [0.05, 0.1) is 12.5 Å². The summed E-state index contributed by atoms with van der Waals surface area (Å²) in [4.78, 5) is 37.2. The maximum atomic E-state index is 12.4. The lowest BCUT2D eigenvalue weighted by Gasteiger charge is -2.34. The summed E-state index contributed by atoms with van der Waals surface area (Å²) >= 11 is 1.67. The number of carboxylic acids is 1. The highest BCUT2D eigenvalue weighted by Crippen LogP contribution is 2.20. The van der Waals surface area contributed by atoms with Crippen molar-refractivity contribution in [3.8, 4) is 0 Å². The Bertz CT molecular complexity index is 600. The Balaban J connectivity index is 1.90. The quantitative estimate of drug-likeness (QED) is 0.766. The molecule has 1 aliphatic heterocycles. The van der Waals surface area contributed by atoms with Crippen molar-refractivity contribution in [1.29, 1.82) is 0 Å². The van der Waals surface area contributed by atoms with Crippen LogP contribution in [0.3, 0.4) is 0 Å². The minimum Gasteiger partial charge on any atom is -0.481 e. The molecule has 5 nitrogen and oxygen atoms in total. The van der Waals surface area contributed by atoms with Gasteiger partial charge in [-0.1, -0.05) is 31.2 Å². The van der Waals surface area contributed by atoms with Gasteiger partial charge >= 0.3 is 5.97 Å². The number of nitrogens with zero attached hydrogens (tertiary/aromatic N) is 1. The molecule has 1 aliphatic rings. The van der Waals surface area contributed by atoms with Crippen LogP contribution in [0.5, 0.6) is 0 Å². The Morgan fingerprint density at radius 1 is 1.21 bits per heavy atom. The van der Waals surface area contributed by atoms with Crippen molar-refractivity contribution in [3.05, 3.63) is 35.4 Å². The molecule has 1 aromatic rings. The Morgan fingerprint density at radius 3 is 2.54 bits per heavy atom. The highest BCUT2D eigenvalue weighted by atomic mass is 32.2. The highest BCUT2D eigenvalue weighted by Gasteiger charge is 2.28. The molecule has 1 atom stereocenters. The average Bonchev–Trinajstić information content (AvgIpc) is 2.59. The van der Waals surface area contributed by atoms with Crippen LogP contribution < -0.4 is 0 Å². The van der Waals surface area contributed by atoms with Crippen LogP contribution in [0.15, 0.2) is 24.3 Å². The van der Waals surface area contributed by atoms with Gasteiger partial charge in [-0.2, -0.15) is 11.8 Å². The van der Waals surface area contributed by atoms with E-state index in [1.165, 1.54) is 5.56 Å². The average molecular weight is 349 g/mol. The molecule has 1 N–H and O–H groups in total. The first-order valence-corrected chi connectivity index (χ1v) is 9.38. The third-order valence-electron chi connectivity index (χ3n) is 4.21. The molecule has 0 radical (unpaired) electrons. The normalized spacial score (nSPS) is 17.5. The zero-order valence-corrected chi connectivity index (χ0v) is 14.7. The minimum atomic E-state index is -0.896. The van der Waals surface area contributed by atoms with Crippen molar-refractivity contribution in [1.82, 2.24) is 4.90 Å². The van der Waals surface area contributed by atoms with E-state index in [4.69, 9.17) is 5.11 Å².